The Hall–Kier alpha value is -3.55. The Morgan fingerprint density at radius 2 is 1.65 bits per heavy atom. The largest absolute Gasteiger partial charge is 0.330 e. The first kappa shape index (κ1) is 23.6. The molecule has 0 unspecified atom stereocenters. The first-order valence-electron chi connectivity index (χ1n) is 11.7. The van der Waals surface area contributed by atoms with E-state index in [4.69, 9.17) is 0 Å². The number of hydrogen-bond acceptors (Lipinski definition) is 4. The molecule has 0 spiro atoms. The average molecular weight is 463 g/mol. The highest BCUT2D eigenvalue weighted by Gasteiger charge is 2.21. The van der Waals surface area contributed by atoms with Crippen LogP contribution in [0.1, 0.15) is 45.4 Å². The fourth-order valence-electron chi connectivity index (χ4n) is 4.14. The second-order valence-electron chi connectivity index (χ2n) is 9.52. The van der Waals surface area contributed by atoms with Crippen LogP contribution in [0, 0.1) is 17.8 Å². The van der Waals surface area contributed by atoms with Crippen molar-refractivity contribution < 1.29 is 4.39 Å². The van der Waals surface area contributed by atoms with E-state index in [0.29, 0.717) is 36.9 Å². The smallest absolute Gasteiger partial charge is 0.289 e. The summed E-state index contributed by atoms with van der Waals surface area (Å²) in [6, 6.07) is 15.9. The topological polar surface area (TPSA) is 81.4 Å². The molecule has 4 rings (SSSR count). The van der Waals surface area contributed by atoms with E-state index >= 15 is 4.39 Å². The lowest BCUT2D eigenvalue weighted by Crippen LogP contribution is -2.27. The molecule has 7 nitrogen and oxygen atoms in total. The minimum Gasteiger partial charge on any atom is -0.289 e. The minimum atomic E-state index is -0.398. The Kier molecular flexibility index (Phi) is 7.05. The number of hydrogen-bond donors (Lipinski definition) is 1. The van der Waals surface area contributed by atoms with Crippen LogP contribution in [0.4, 0.5) is 4.39 Å². The Balaban J connectivity index is 1.65. The molecule has 4 aromatic rings. The van der Waals surface area contributed by atoms with Crippen LogP contribution < -0.4 is 5.69 Å². The first-order valence-corrected chi connectivity index (χ1v) is 11.7. The van der Waals surface area contributed by atoms with Crippen molar-refractivity contribution in [2.75, 3.05) is 0 Å². The number of nitrogens with one attached hydrogen (secondary N) is 1. The maximum atomic E-state index is 15.3. The van der Waals surface area contributed by atoms with Gasteiger partial charge in [-0.3, -0.25) is 9.13 Å². The molecular formula is C26H31FN6O. The van der Waals surface area contributed by atoms with E-state index in [2.05, 4.69) is 34.5 Å². The fraction of sp³-hybridized carbons (Fsp3) is 0.385. The quantitative estimate of drug-likeness (QED) is 0.382. The molecule has 0 aliphatic carbocycles. The third kappa shape index (κ3) is 5.00. The van der Waals surface area contributed by atoms with Gasteiger partial charge < -0.3 is 0 Å². The standard InChI is InChI=1S/C26H31FN6O/c1-17(2)9-14-23-24(27)33(15-18(3)4)26(34)32(23)16-19-10-12-20(13-11-19)21-7-5-6-8-22(21)25-28-30-31-29-25/h5-8,10-13,17-18H,9,14-16H2,1-4H3,(H,28,29,30,31). The van der Waals surface area contributed by atoms with E-state index in [9.17, 15) is 4.79 Å². The number of aromatic nitrogens is 6. The molecule has 8 heteroatoms. The summed E-state index contributed by atoms with van der Waals surface area (Å²) in [7, 11) is 0. The van der Waals surface area contributed by atoms with Crippen LogP contribution in [0.25, 0.3) is 22.5 Å². The van der Waals surface area contributed by atoms with Gasteiger partial charge in [-0.2, -0.15) is 9.60 Å². The van der Waals surface area contributed by atoms with Gasteiger partial charge in [0.25, 0.3) is 0 Å². The van der Waals surface area contributed by atoms with Crippen LogP contribution >= 0.6 is 0 Å². The lowest BCUT2D eigenvalue weighted by molar-refractivity contribution is 0.423. The lowest BCUT2D eigenvalue weighted by Gasteiger charge is -2.11. The van der Waals surface area contributed by atoms with E-state index < -0.39 is 5.95 Å². The average Bonchev–Trinajstić information content (AvgIpc) is 3.42. The SMILES string of the molecule is CC(C)CCc1c(F)n(CC(C)C)c(=O)n1Cc1ccc(-c2ccccc2-c2nn[nH]n2)cc1. The molecule has 0 fully saturated rings. The van der Waals surface area contributed by atoms with Gasteiger partial charge in [0.05, 0.1) is 12.2 Å². The summed E-state index contributed by atoms with van der Waals surface area (Å²) in [4.78, 5) is 13.1. The van der Waals surface area contributed by atoms with Gasteiger partial charge in [-0.15, -0.1) is 10.2 Å². The van der Waals surface area contributed by atoms with Crippen molar-refractivity contribution in [3.05, 3.63) is 76.2 Å². The van der Waals surface area contributed by atoms with Crippen molar-refractivity contribution >= 4 is 0 Å². The van der Waals surface area contributed by atoms with Gasteiger partial charge >= 0.3 is 5.69 Å². The van der Waals surface area contributed by atoms with E-state index in [1.807, 2.05) is 62.4 Å². The van der Waals surface area contributed by atoms with E-state index in [-0.39, 0.29) is 11.6 Å². The molecule has 2 heterocycles. The van der Waals surface area contributed by atoms with Crippen LogP contribution in [0.5, 0.6) is 0 Å². The van der Waals surface area contributed by atoms with Crippen molar-refractivity contribution in [3.63, 3.8) is 0 Å². The molecule has 0 radical (unpaired) electrons. The second kappa shape index (κ2) is 10.2. The minimum absolute atomic E-state index is 0.180. The molecule has 0 saturated heterocycles. The Bertz CT molecular complexity index is 1290. The van der Waals surface area contributed by atoms with Crippen LogP contribution in [0.3, 0.4) is 0 Å². The molecule has 1 N–H and O–H groups in total. The van der Waals surface area contributed by atoms with Crippen molar-refractivity contribution in [1.82, 2.24) is 29.8 Å². The number of benzene rings is 2. The molecule has 0 saturated carbocycles. The van der Waals surface area contributed by atoms with Gasteiger partial charge in [0.2, 0.25) is 11.8 Å². The lowest BCUT2D eigenvalue weighted by atomic mass is 9.98. The predicted octanol–water partition coefficient (Wildman–Crippen LogP) is 4.93. The van der Waals surface area contributed by atoms with Crippen LogP contribution in [0.15, 0.2) is 53.3 Å². The van der Waals surface area contributed by atoms with Gasteiger partial charge in [0.1, 0.15) is 0 Å². The highest BCUT2D eigenvalue weighted by Crippen LogP contribution is 2.30. The van der Waals surface area contributed by atoms with Crippen LogP contribution in [-0.4, -0.2) is 29.8 Å². The predicted molar refractivity (Wildman–Crippen MR) is 131 cm³/mol. The summed E-state index contributed by atoms with van der Waals surface area (Å²) >= 11 is 0. The summed E-state index contributed by atoms with van der Waals surface area (Å²) in [6.07, 6.45) is 1.37. The molecule has 2 aromatic heterocycles. The third-order valence-corrected chi connectivity index (χ3v) is 5.89. The molecule has 0 atom stereocenters. The highest BCUT2D eigenvalue weighted by molar-refractivity contribution is 5.80. The van der Waals surface area contributed by atoms with Crippen molar-refractivity contribution in [2.24, 2.45) is 11.8 Å². The molecule has 2 aromatic carbocycles. The Labute approximate surface area is 198 Å². The first-order chi connectivity index (χ1) is 16.3. The summed E-state index contributed by atoms with van der Waals surface area (Å²) in [5, 5.41) is 14.4. The molecular weight excluding hydrogens is 431 g/mol. The highest BCUT2D eigenvalue weighted by atomic mass is 19.1. The monoisotopic (exact) mass is 462 g/mol. The maximum Gasteiger partial charge on any atom is 0.330 e. The number of nitrogens with zero attached hydrogens (tertiary/aromatic N) is 5. The number of tetrazole rings is 1. The van der Waals surface area contributed by atoms with Gasteiger partial charge in [-0.1, -0.05) is 76.2 Å². The summed E-state index contributed by atoms with van der Waals surface area (Å²) < 4.78 is 18.1. The van der Waals surface area contributed by atoms with Gasteiger partial charge in [0, 0.05) is 12.1 Å². The van der Waals surface area contributed by atoms with Gasteiger partial charge in [-0.25, -0.2) is 4.79 Å². The molecule has 0 bridgehead atoms. The zero-order chi connectivity index (χ0) is 24.2. The number of H-pyrrole nitrogens is 1. The number of aromatic amines is 1. The molecule has 34 heavy (non-hydrogen) atoms. The fourth-order valence-corrected chi connectivity index (χ4v) is 4.14. The van der Waals surface area contributed by atoms with Crippen molar-refractivity contribution in [1.29, 1.82) is 0 Å². The van der Waals surface area contributed by atoms with E-state index in [1.165, 1.54) is 4.57 Å². The number of halogens is 1. The Morgan fingerprint density at radius 1 is 0.941 bits per heavy atom. The maximum absolute atomic E-state index is 15.3. The van der Waals surface area contributed by atoms with Gasteiger partial charge in [-0.05, 0) is 46.6 Å². The third-order valence-electron chi connectivity index (χ3n) is 5.89. The molecule has 178 valence electrons. The summed E-state index contributed by atoms with van der Waals surface area (Å²) in [5.41, 5.74) is 4.02. The zero-order valence-corrected chi connectivity index (χ0v) is 20.1. The normalized spacial score (nSPS) is 11.6. The second-order valence-corrected chi connectivity index (χ2v) is 9.52. The van der Waals surface area contributed by atoms with Gasteiger partial charge in [0.15, 0.2) is 0 Å². The molecule has 0 aliphatic rings. The summed E-state index contributed by atoms with van der Waals surface area (Å²) in [6.45, 7) is 8.90. The number of rotatable bonds is 9. The Morgan fingerprint density at radius 3 is 2.26 bits per heavy atom. The van der Waals surface area contributed by atoms with Crippen LogP contribution in [0.2, 0.25) is 0 Å². The van der Waals surface area contributed by atoms with Crippen molar-refractivity contribution in [3.8, 4) is 22.5 Å². The van der Waals surface area contributed by atoms with E-state index in [1.54, 1.807) is 4.57 Å². The number of imidazole rings is 1. The zero-order valence-electron chi connectivity index (χ0n) is 20.1. The van der Waals surface area contributed by atoms with E-state index in [0.717, 1.165) is 28.7 Å². The molecule has 0 amide bonds. The van der Waals surface area contributed by atoms with Crippen molar-refractivity contribution in [2.45, 2.75) is 53.6 Å². The summed E-state index contributed by atoms with van der Waals surface area (Å²) in [5.74, 6) is 0.738. The molecule has 0 aliphatic heterocycles. The van der Waals surface area contributed by atoms with Crippen LogP contribution in [-0.2, 0) is 19.5 Å².